The van der Waals surface area contributed by atoms with Crippen LogP contribution in [0.3, 0.4) is 0 Å². The minimum atomic E-state index is -0.932. The number of hydrogen-bond acceptors (Lipinski definition) is 3. The molecular formula is C15H19BO3. The van der Waals surface area contributed by atoms with E-state index in [0.29, 0.717) is 5.46 Å². The lowest BCUT2D eigenvalue weighted by molar-refractivity contribution is 0.183. The maximum atomic E-state index is 9.32. The summed E-state index contributed by atoms with van der Waals surface area (Å²) in [5.74, 6) is 0. The first-order chi connectivity index (χ1) is 9.24. The van der Waals surface area contributed by atoms with Crippen molar-refractivity contribution >= 4 is 12.6 Å². The highest BCUT2D eigenvalue weighted by Crippen LogP contribution is 1.92. The Hall–Kier alpha value is -1.62. The fourth-order valence-electron chi connectivity index (χ4n) is 1.41. The van der Waals surface area contributed by atoms with Crippen molar-refractivity contribution in [3.8, 4) is 0 Å². The van der Waals surface area contributed by atoms with Crippen LogP contribution in [0.4, 0.5) is 0 Å². The molecule has 0 unspecified atom stereocenters. The van der Waals surface area contributed by atoms with E-state index in [1.54, 1.807) is 12.1 Å². The summed E-state index contributed by atoms with van der Waals surface area (Å²) in [5.41, 5.74) is 2.02. The van der Waals surface area contributed by atoms with Crippen molar-refractivity contribution in [1.29, 1.82) is 0 Å². The van der Waals surface area contributed by atoms with E-state index in [4.69, 9.17) is 9.76 Å². The van der Waals surface area contributed by atoms with Crippen LogP contribution in [0.5, 0.6) is 0 Å². The van der Waals surface area contributed by atoms with Gasteiger partial charge in [0.05, 0.1) is 13.2 Å². The van der Waals surface area contributed by atoms with Crippen LogP contribution in [-0.4, -0.2) is 30.5 Å². The molecule has 0 aromatic heterocycles. The van der Waals surface area contributed by atoms with Crippen molar-refractivity contribution in [2.24, 2.45) is 0 Å². The Morgan fingerprint density at radius 2 is 1.47 bits per heavy atom. The second-order valence-electron chi connectivity index (χ2n) is 4.01. The van der Waals surface area contributed by atoms with E-state index in [1.165, 1.54) is 5.56 Å². The molecule has 0 heterocycles. The van der Waals surface area contributed by atoms with Crippen molar-refractivity contribution in [2.45, 2.75) is 6.92 Å². The Labute approximate surface area is 114 Å². The fraction of sp³-hybridized carbons (Fsp3) is 0.200. The molecule has 100 valence electrons. The third kappa shape index (κ3) is 6.77. The predicted molar refractivity (Wildman–Crippen MR) is 78.3 cm³/mol. The quantitative estimate of drug-likeness (QED) is 0.814. The molecule has 0 amide bonds. The normalized spacial score (nSPS) is 9.42. The van der Waals surface area contributed by atoms with Crippen molar-refractivity contribution < 1.29 is 14.8 Å². The zero-order valence-electron chi connectivity index (χ0n) is 11.1. The number of rotatable bonds is 4. The van der Waals surface area contributed by atoms with Gasteiger partial charge < -0.3 is 14.8 Å². The minimum absolute atomic E-state index is 0.0795. The van der Waals surface area contributed by atoms with Crippen LogP contribution >= 0.6 is 0 Å². The summed E-state index contributed by atoms with van der Waals surface area (Å²) >= 11 is 0. The van der Waals surface area contributed by atoms with Gasteiger partial charge >= 0.3 is 7.12 Å². The Bertz CT molecular complexity index is 434. The lowest BCUT2D eigenvalue weighted by atomic mass is 9.80. The molecule has 0 atom stereocenters. The van der Waals surface area contributed by atoms with Gasteiger partial charge in [-0.25, -0.2) is 0 Å². The van der Waals surface area contributed by atoms with Gasteiger partial charge in [-0.1, -0.05) is 66.2 Å². The maximum absolute atomic E-state index is 9.32. The summed E-state index contributed by atoms with van der Waals surface area (Å²) in [5, 5.41) is 17.7. The molecule has 2 rings (SSSR count). The lowest BCUT2D eigenvalue weighted by Crippen LogP contribution is -2.34. The molecule has 19 heavy (non-hydrogen) atoms. The average molecular weight is 258 g/mol. The summed E-state index contributed by atoms with van der Waals surface area (Å²) in [6.07, 6.45) is 0. The Balaban J connectivity index is 0.000000218. The molecule has 4 heteroatoms. The van der Waals surface area contributed by atoms with Crippen LogP contribution in [0.1, 0.15) is 5.56 Å². The van der Waals surface area contributed by atoms with E-state index >= 15 is 0 Å². The first-order valence-corrected chi connectivity index (χ1v) is 6.21. The van der Waals surface area contributed by atoms with Crippen LogP contribution in [-0.2, 0) is 4.65 Å². The third-order valence-corrected chi connectivity index (χ3v) is 2.39. The minimum Gasteiger partial charge on any atom is -0.423 e. The van der Waals surface area contributed by atoms with Crippen LogP contribution in [0.25, 0.3) is 0 Å². The molecule has 0 radical (unpaired) electrons. The van der Waals surface area contributed by atoms with Crippen molar-refractivity contribution in [3.63, 3.8) is 0 Å². The molecule has 0 aliphatic carbocycles. The summed E-state index contributed by atoms with van der Waals surface area (Å²) in [4.78, 5) is 0. The van der Waals surface area contributed by atoms with Crippen LogP contribution < -0.4 is 5.46 Å². The number of hydrogen-bond donors (Lipinski definition) is 2. The largest absolute Gasteiger partial charge is 0.491 e. The van der Waals surface area contributed by atoms with Crippen LogP contribution in [0.15, 0.2) is 60.7 Å². The molecule has 2 N–H and O–H groups in total. The number of benzene rings is 2. The van der Waals surface area contributed by atoms with Crippen molar-refractivity contribution in [2.75, 3.05) is 13.2 Å². The molecule has 0 aliphatic heterocycles. The SMILES string of the molecule is Cc1ccccc1.OCCOB(O)c1ccccc1. The molecule has 0 fully saturated rings. The van der Waals surface area contributed by atoms with Crippen molar-refractivity contribution in [3.05, 3.63) is 66.2 Å². The molecule has 3 nitrogen and oxygen atoms in total. The summed E-state index contributed by atoms with van der Waals surface area (Å²) in [7, 11) is -0.932. The van der Waals surface area contributed by atoms with Gasteiger partial charge in [-0.3, -0.25) is 0 Å². The Kier molecular flexibility index (Phi) is 7.59. The number of aliphatic hydroxyl groups is 1. The zero-order valence-corrected chi connectivity index (χ0v) is 11.1. The molecule has 0 bridgehead atoms. The van der Waals surface area contributed by atoms with E-state index in [0.717, 1.165) is 0 Å². The number of aryl methyl sites for hydroxylation is 1. The van der Waals surface area contributed by atoms with E-state index in [9.17, 15) is 5.02 Å². The smallest absolute Gasteiger partial charge is 0.423 e. The average Bonchev–Trinajstić information content (AvgIpc) is 2.47. The summed E-state index contributed by atoms with van der Waals surface area (Å²) in [6, 6.07) is 19.3. The summed E-state index contributed by atoms with van der Waals surface area (Å²) < 4.78 is 4.88. The zero-order chi connectivity index (χ0) is 13.9. The molecule has 2 aromatic carbocycles. The van der Waals surface area contributed by atoms with E-state index in [1.807, 2.05) is 36.4 Å². The topological polar surface area (TPSA) is 49.7 Å². The first kappa shape index (κ1) is 15.4. The highest BCUT2D eigenvalue weighted by molar-refractivity contribution is 6.59. The molecule has 0 aliphatic rings. The van der Waals surface area contributed by atoms with Gasteiger partial charge in [0.15, 0.2) is 0 Å². The monoisotopic (exact) mass is 258 g/mol. The summed E-state index contributed by atoms with van der Waals surface area (Å²) in [6.45, 7) is 2.15. The molecule has 0 saturated heterocycles. The van der Waals surface area contributed by atoms with Gasteiger partial charge in [-0.2, -0.15) is 0 Å². The van der Waals surface area contributed by atoms with Gasteiger partial charge in [0, 0.05) is 0 Å². The molecular weight excluding hydrogens is 239 g/mol. The fourth-order valence-corrected chi connectivity index (χ4v) is 1.41. The maximum Gasteiger partial charge on any atom is 0.491 e. The van der Waals surface area contributed by atoms with Gasteiger partial charge in [0.25, 0.3) is 0 Å². The highest BCUT2D eigenvalue weighted by Gasteiger charge is 2.14. The number of aliphatic hydroxyl groups excluding tert-OH is 1. The van der Waals surface area contributed by atoms with E-state index in [-0.39, 0.29) is 13.2 Å². The first-order valence-electron chi connectivity index (χ1n) is 6.21. The predicted octanol–water partition coefficient (Wildman–Crippen LogP) is 1.38. The molecule has 2 aromatic rings. The second kappa shape index (κ2) is 9.33. The van der Waals surface area contributed by atoms with Crippen LogP contribution in [0.2, 0.25) is 0 Å². The Morgan fingerprint density at radius 3 is 1.89 bits per heavy atom. The molecule has 0 saturated carbocycles. The second-order valence-corrected chi connectivity index (χ2v) is 4.01. The van der Waals surface area contributed by atoms with Gasteiger partial charge in [-0.05, 0) is 12.4 Å². The van der Waals surface area contributed by atoms with Crippen LogP contribution in [0, 0.1) is 6.92 Å². The highest BCUT2D eigenvalue weighted by atomic mass is 16.5. The van der Waals surface area contributed by atoms with Crippen molar-refractivity contribution in [1.82, 2.24) is 0 Å². The Morgan fingerprint density at radius 1 is 0.947 bits per heavy atom. The van der Waals surface area contributed by atoms with Gasteiger partial charge in [0.2, 0.25) is 0 Å². The van der Waals surface area contributed by atoms with E-state index in [2.05, 4.69) is 19.1 Å². The standard InChI is InChI=1S/C8H11BO3.C7H8/c10-6-7-12-9(11)8-4-2-1-3-5-8;1-7-5-3-2-4-6-7/h1-5,10-11H,6-7H2;2-6H,1H3. The van der Waals surface area contributed by atoms with Gasteiger partial charge in [-0.15, -0.1) is 0 Å². The molecule has 0 spiro atoms. The lowest BCUT2D eigenvalue weighted by Gasteiger charge is -2.05. The van der Waals surface area contributed by atoms with E-state index < -0.39 is 7.12 Å². The van der Waals surface area contributed by atoms with Gasteiger partial charge in [0.1, 0.15) is 0 Å². The third-order valence-electron chi connectivity index (χ3n) is 2.39.